The van der Waals surface area contributed by atoms with Crippen molar-refractivity contribution >= 4 is 34.6 Å². The van der Waals surface area contributed by atoms with Crippen molar-refractivity contribution in [1.29, 1.82) is 0 Å². The van der Waals surface area contributed by atoms with E-state index >= 15 is 0 Å². The maximum Gasteiger partial charge on any atom is 0.166 e. The Balaban J connectivity index is 2.51. The molecule has 0 aromatic carbocycles. The second kappa shape index (κ2) is 5.67. The van der Waals surface area contributed by atoms with E-state index in [0.29, 0.717) is 6.42 Å². The molecule has 2 rings (SSSR count). The Kier molecular flexibility index (Phi) is 4.17. The summed E-state index contributed by atoms with van der Waals surface area (Å²) in [5.74, 6) is -1.23. The van der Waals surface area contributed by atoms with E-state index in [2.05, 4.69) is 15.3 Å². The fraction of sp³-hybridized carbons (Fsp3) is 0.167. The van der Waals surface area contributed by atoms with Gasteiger partial charge in [-0.15, -0.1) is 0 Å². The second-order valence-corrected chi connectivity index (χ2v) is 4.41. The molecule has 0 unspecified atom stereocenters. The molecule has 0 fully saturated rings. The van der Waals surface area contributed by atoms with Gasteiger partial charge in [0, 0.05) is 11.8 Å². The lowest BCUT2D eigenvalue weighted by molar-refractivity contribution is 0.606. The Morgan fingerprint density at radius 3 is 2.63 bits per heavy atom. The van der Waals surface area contributed by atoms with Crippen molar-refractivity contribution in [2.45, 2.75) is 13.3 Å². The summed E-state index contributed by atoms with van der Waals surface area (Å²) in [7, 11) is 0. The molecule has 19 heavy (non-hydrogen) atoms. The molecule has 0 spiro atoms. The van der Waals surface area contributed by atoms with E-state index in [0.717, 1.165) is 6.20 Å². The second-order valence-electron chi connectivity index (χ2n) is 3.70. The van der Waals surface area contributed by atoms with E-state index < -0.39 is 11.6 Å². The molecule has 0 bridgehead atoms. The summed E-state index contributed by atoms with van der Waals surface area (Å²) in [5.41, 5.74) is 0.590. The summed E-state index contributed by atoms with van der Waals surface area (Å²) in [6.45, 7) is 1.74. The van der Waals surface area contributed by atoms with Crippen molar-refractivity contribution in [3.8, 4) is 0 Å². The molecular weight excluding hydrogens is 295 g/mol. The van der Waals surface area contributed by atoms with Gasteiger partial charge >= 0.3 is 0 Å². The highest BCUT2D eigenvalue weighted by Crippen LogP contribution is 2.33. The Morgan fingerprint density at radius 1 is 1.26 bits per heavy atom. The molecule has 2 aromatic heterocycles. The predicted molar refractivity (Wildman–Crippen MR) is 71.1 cm³/mol. The number of pyridine rings is 2. The first-order valence-corrected chi connectivity index (χ1v) is 6.20. The molecule has 2 aromatic rings. The number of halogens is 4. The Hall–Kier alpha value is -1.46. The van der Waals surface area contributed by atoms with Crippen LogP contribution in [0.15, 0.2) is 18.5 Å². The van der Waals surface area contributed by atoms with Gasteiger partial charge < -0.3 is 5.32 Å². The molecule has 100 valence electrons. The summed E-state index contributed by atoms with van der Waals surface area (Å²) in [6, 6.07) is 1.41. The summed E-state index contributed by atoms with van der Waals surface area (Å²) >= 11 is 11.5. The van der Waals surface area contributed by atoms with E-state index in [4.69, 9.17) is 23.2 Å². The van der Waals surface area contributed by atoms with Gasteiger partial charge in [0.15, 0.2) is 21.9 Å². The van der Waals surface area contributed by atoms with Crippen LogP contribution < -0.4 is 5.32 Å². The van der Waals surface area contributed by atoms with Gasteiger partial charge in [0.2, 0.25) is 0 Å². The maximum atomic E-state index is 13.8. The van der Waals surface area contributed by atoms with E-state index in [1.807, 2.05) is 0 Å². The van der Waals surface area contributed by atoms with Crippen LogP contribution in [0.4, 0.5) is 20.2 Å². The third kappa shape index (κ3) is 2.77. The van der Waals surface area contributed by atoms with Gasteiger partial charge in [-0.2, -0.15) is 0 Å². The Morgan fingerprint density at radius 2 is 2.00 bits per heavy atom. The van der Waals surface area contributed by atoms with Gasteiger partial charge in [0.1, 0.15) is 0 Å². The lowest BCUT2D eigenvalue weighted by atomic mass is 10.1. The smallest absolute Gasteiger partial charge is 0.166 e. The van der Waals surface area contributed by atoms with Crippen LogP contribution in [0.2, 0.25) is 10.3 Å². The van der Waals surface area contributed by atoms with E-state index in [1.165, 1.54) is 12.3 Å². The van der Waals surface area contributed by atoms with Crippen LogP contribution in [0.1, 0.15) is 12.5 Å². The zero-order valence-electron chi connectivity index (χ0n) is 9.85. The minimum absolute atomic E-state index is 0.0144. The van der Waals surface area contributed by atoms with Crippen LogP contribution in [0.3, 0.4) is 0 Å². The minimum Gasteiger partial charge on any atom is -0.350 e. The monoisotopic (exact) mass is 303 g/mol. The lowest BCUT2D eigenvalue weighted by Gasteiger charge is -2.14. The molecule has 0 atom stereocenters. The fourth-order valence-electron chi connectivity index (χ4n) is 1.62. The SMILES string of the molecule is CCc1c(F)c(Cl)nc(Cl)c1Nc1ccncc1F. The standard InChI is InChI=1S/C12H9Cl2F2N3/c1-2-6-9(16)11(13)19-12(14)10(6)18-8-3-4-17-5-7(8)15/h3-5H,2H2,1H3,(H,17,18). The number of hydrogen-bond donors (Lipinski definition) is 1. The van der Waals surface area contributed by atoms with Crippen molar-refractivity contribution in [3.63, 3.8) is 0 Å². The highest BCUT2D eigenvalue weighted by atomic mass is 35.5. The maximum absolute atomic E-state index is 13.8. The van der Waals surface area contributed by atoms with Gasteiger partial charge in [-0.3, -0.25) is 4.98 Å². The normalized spacial score (nSPS) is 10.6. The van der Waals surface area contributed by atoms with Crippen LogP contribution in [0, 0.1) is 11.6 Å². The molecule has 0 saturated heterocycles. The molecule has 0 radical (unpaired) electrons. The third-order valence-electron chi connectivity index (χ3n) is 2.54. The highest BCUT2D eigenvalue weighted by Gasteiger charge is 2.17. The first-order chi connectivity index (χ1) is 9.04. The molecule has 3 nitrogen and oxygen atoms in total. The van der Waals surface area contributed by atoms with Crippen molar-refractivity contribution in [3.05, 3.63) is 46.0 Å². The summed E-state index contributed by atoms with van der Waals surface area (Å²) < 4.78 is 27.4. The molecule has 0 aliphatic carbocycles. The molecule has 0 amide bonds. The topological polar surface area (TPSA) is 37.8 Å². The number of aromatic nitrogens is 2. The van der Waals surface area contributed by atoms with Crippen molar-refractivity contribution in [2.24, 2.45) is 0 Å². The van der Waals surface area contributed by atoms with Crippen molar-refractivity contribution < 1.29 is 8.78 Å². The zero-order chi connectivity index (χ0) is 14.0. The lowest BCUT2D eigenvalue weighted by Crippen LogP contribution is -2.03. The molecule has 7 heteroatoms. The fourth-order valence-corrected chi connectivity index (χ4v) is 2.11. The summed E-state index contributed by atoms with van der Waals surface area (Å²) in [4.78, 5) is 7.29. The molecule has 0 saturated carbocycles. The number of rotatable bonds is 3. The quantitative estimate of drug-likeness (QED) is 0.856. The average Bonchev–Trinajstić information content (AvgIpc) is 2.38. The Labute approximate surface area is 118 Å². The largest absolute Gasteiger partial charge is 0.350 e. The summed E-state index contributed by atoms with van der Waals surface area (Å²) in [6.07, 6.45) is 2.79. The Bertz CT molecular complexity index is 620. The number of anilines is 2. The highest BCUT2D eigenvalue weighted by molar-refractivity contribution is 6.34. The van der Waals surface area contributed by atoms with E-state index in [9.17, 15) is 8.78 Å². The number of nitrogens with one attached hydrogen (secondary N) is 1. The molecule has 0 aliphatic rings. The zero-order valence-corrected chi connectivity index (χ0v) is 11.4. The van der Waals surface area contributed by atoms with Gasteiger partial charge in [-0.05, 0) is 12.5 Å². The third-order valence-corrected chi connectivity index (χ3v) is 3.06. The molecule has 1 N–H and O–H groups in total. The number of hydrogen-bond acceptors (Lipinski definition) is 3. The molecular formula is C12H9Cl2F2N3. The van der Waals surface area contributed by atoms with Crippen molar-refractivity contribution in [1.82, 2.24) is 9.97 Å². The predicted octanol–water partition coefficient (Wildman–Crippen LogP) is 4.37. The van der Waals surface area contributed by atoms with E-state index in [-0.39, 0.29) is 27.2 Å². The summed E-state index contributed by atoms with van der Waals surface area (Å²) in [5, 5.41) is 2.40. The number of nitrogens with zero attached hydrogens (tertiary/aromatic N) is 2. The average molecular weight is 304 g/mol. The minimum atomic E-state index is -0.662. The van der Waals surface area contributed by atoms with Crippen LogP contribution in [0.25, 0.3) is 0 Å². The molecule has 2 heterocycles. The van der Waals surface area contributed by atoms with Gasteiger partial charge in [0.05, 0.1) is 17.6 Å². The van der Waals surface area contributed by atoms with E-state index in [1.54, 1.807) is 6.92 Å². The molecule has 0 aliphatic heterocycles. The van der Waals surface area contributed by atoms with Crippen LogP contribution in [-0.4, -0.2) is 9.97 Å². The van der Waals surface area contributed by atoms with Crippen LogP contribution in [0.5, 0.6) is 0 Å². The van der Waals surface area contributed by atoms with Gasteiger partial charge in [0.25, 0.3) is 0 Å². The van der Waals surface area contributed by atoms with Gasteiger partial charge in [-0.1, -0.05) is 30.1 Å². The van der Waals surface area contributed by atoms with Gasteiger partial charge in [-0.25, -0.2) is 13.8 Å². The van der Waals surface area contributed by atoms with Crippen molar-refractivity contribution in [2.75, 3.05) is 5.32 Å². The van der Waals surface area contributed by atoms with Crippen LogP contribution in [-0.2, 0) is 6.42 Å². The van der Waals surface area contributed by atoms with Crippen LogP contribution >= 0.6 is 23.2 Å². The first kappa shape index (κ1) is 14.0. The first-order valence-electron chi connectivity index (χ1n) is 5.44.